The van der Waals surface area contributed by atoms with Crippen LogP contribution in [0.2, 0.25) is 0 Å². The van der Waals surface area contributed by atoms with E-state index < -0.39 is 0 Å². The van der Waals surface area contributed by atoms with Gasteiger partial charge in [0.25, 0.3) is 0 Å². The summed E-state index contributed by atoms with van der Waals surface area (Å²) < 4.78 is 13.2. The lowest BCUT2D eigenvalue weighted by atomic mass is 9.96. The zero-order valence-electron chi connectivity index (χ0n) is 15.6. The third-order valence-electron chi connectivity index (χ3n) is 5.26. The number of carbonyl (C=O) groups is 1. The molecule has 3 heterocycles. The van der Waals surface area contributed by atoms with Gasteiger partial charge < -0.3 is 10.2 Å². The molecule has 0 saturated carbocycles. The van der Waals surface area contributed by atoms with Crippen LogP contribution in [0.4, 0.5) is 10.2 Å². The molecule has 28 heavy (non-hydrogen) atoms. The smallest absolute Gasteiger partial charge is 0.220 e. The van der Waals surface area contributed by atoms with Crippen LogP contribution in [0.3, 0.4) is 0 Å². The summed E-state index contributed by atoms with van der Waals surface area (Å²) in [5.74, 6) is 1.12. The molecule has 0 aliphatic carbocycles. The largest absolute Gasteiger partial charge is 0.356 e. The van der Waals surface area contributed by atoms with Crippen molar-refractivity contribution in [3.8, 4) is 0 Å². The first-order valence-corrected chi connectivity index (χ1v) is 9.59. The number of H-pyrrole nitrogens is 1. The summed E-state index contributed by atoms with van der Waals surface area (Å²) in [6, 6.07) is 6.41. The molecule has 146 valence electrons. The van der Waals surface area contributed by atoms with Crippen molar-refractivity contribution in [3.63, 3.8) is 0 Å². The van der Waals surface area contributed by atoms with Crippen molar-refractivity contribution in [2.75, 3.05) is 24.5 Å². The summed E-state index contributed by atoms with van der Waals surface area (Å²) in [5.41, 5.74) is 1.59. The van der Waals surface area contributed by atoms with E-state index in [9.17, 15) is 9.18 Å². The van der Waals surface area contributed by atoms with Gasteiger partial charge in [-0.15, -0.1) is 0 Å². The zero-order valence-corrected chi connectivity index (χ0v) is 15.6. The Morgan fingerprint density at radius 1 is 1.29 bits per heavy atom. The van der Waals surface area contributed by atoms with E-state index in [1.54, 1.807) is 18.6 Å². The second-order valence-corrected chi connectivity index (χ2v) is 7.19. The van der Waals surface area contributed by atoms with Gasteiger partial charge in [0.15, 0.2) is 5.65 Å². The number of carbonyl (C=O) groups excluding carboxylic acids is 1. The number of rotatable bonds is 6. The Kier molecular flexibility index (Phi) is 5.45. The van der Waals surface area contributed by atoms with E-state index in [4.69, 9.17) is 0 Å². The van der Waals surface area contributed by atoms with Gasteiger partial charge in [-0.25, -0.2) is 14.4 Å². The number of nitrogens with one attached hydrogen (secondary N) is 2. The Labute approximate surface area is 162 Å². The predicted octanol–water partition coefficient (Wildman–Crippen LogP) is 2.46. The minimum atomic E-state index is -0.263. The maximum atomic E-state index is 13.2. The van der Waals surface area contributed by atoms with Crippen molar-refractivity contribution in [1.82, 2.24) is 25.5 Å². The Morgan fingerprint density at radius 2 is 2.14 bits per heavy atom. The molecule has 0 unspecified atom stereocenters. The van der Waals surface area contributed by atoms with Crippen molar-refractivity contribution >= 4 is 22.8 Å². The molecule has 4 rings (SSSR count). The molecule has 1 fully saturated rings. The molecule has 1 aromatic carbocycles. The van der Waals surface area contributed by atoms with Crippen molar-refractivity contribution in [2.45, 2.75) is 25.7 Å². The van der Waals surface area contributed by atoms with Crippen LogP contribution in [0.15, 0.2) is 36.8 Å². The first kappa shape index (κ1) is 18.3. The number of piperidine rings is 1. The number of hydrogen-bond acceptors (Lipinski definition) is 5. The van der Waals surface area contributed by atoms with Gasteiger partial charge in [-0.3, -0.25) is 9.89 Å². The average molecular weight is 382 g/mol. The van der Waals surface area contributed by atoms with E-state index >= 15 is 0 Å². The van der Waals surface area contributed by atoms with Gasteiger partial charge in [0.1, 0.15) is 18.0 Å². The Bertz CT molecular complexity index is 951. The normalized spacial score (nSPS) is 15.1. The highest BCUT2D eigenvalue weighted by atomic mass is 19.1. The van der Waals surface area contributed by atoms with Crippen LogP contribution in [0.1, 0.15) is 24.8 Å². The van der Waals surface area contributed by atoms with Gasteiger partial charge in [0.05, 0.1) is 11.6 Å². The molecule has 0 spiro atoms. The minimum absolute atomic E-state index is 0.0163. The summed E-state index contributed by atoms with van der Waals surface area (Å²) in [6.07, 6.45) is 6.23. The van der Waals surface area contributed by atoms with Crippen LogP contribution >= 0.6 is 0 Å². The lowest BCUT2D eigenvalue weighted by Crippen LogP contribution is -2.39. The summed E-state index contributed by atoms with van der Waals surface area (Å²) in [5, 5.41) is 10.9. The number of fused-ring (bicyclic) bond motifs is 1. The summed E-state index contributed by atoms with van der Waals surface area (Å²) >= 11 is 0. The third kappa shape index (κ3) is 4.27. The molecule has 0 atom stereocenters. The summed E-state index contributed by atoms with van der Waals surface area (Å²) in [7, 11) is 0. The number of aryl methyl sites for hydroxylation is 1. The van der Waals surface area contributed by atoms with Crippen LogP contribution in [-0.2, 0) is 11.2 Å². The highest BCUT2D eigenvalue weighted by molar-refractivity contribution is 5.86. The molecule has 8 heteroatoms. The Morgan fingerprint density at radius 3 is 2.96 bits per heavy atom. The number of aromatic amines is 1. The molecule has 2 aromatic heterocycles. The van der Waals surface area contributed by atoms with Crippen molar-refractivity contribution < 1.29 is 9.18 Å². The number of benzene rings is 1. The van der Waals surface area contributed by atoms with E-state index in [0.717, 1.165) is 48.3 Å². The SMILES string of the molecule is O=C(CCc1cccc(F)c1)NCC1CCN(c2ncnc3[nH]ncc23)CC1. The van der Waals surface area contributed by atoms with Crippen LogP contribution < -0.4 is 10.2 Å². The van der Waals surface area contributed by atoms with E-state index in [1.807, 2.05) is 6.07 Å². The average Bonchev–Trinajstić information content (AvgIpc) is 3.20. The molecule has 1 aliphatic heterocycles. The predicted molar refractivity (Wildman–Crippen MR) is 104 cm³/mol. The first-order chi connectivity index (χ1) is 13.7. The van der Waals surface area contributed by atoms with Gasteiger partial charge in [-0.2, -0.15) is 5.10 Å². The Balaban J connectivity index is 1.22. The molecule has 1 amide bonds. The molecule has 3 aromatic rings. The summed E-state index contributed by atoms with van der Waals surface area (Å²) in [6.45, 7) is 2.46. The fourth-order valence-electron chi connectivity index (χ4n) is 3.65. The van der Waals surface area contributed by atoms with E-state index in [-0.39, 0.29) is 11.7 Å². The molecular formula is C20H23FN6O. The number of hydrogen-bond donors (Lipinski definition) is 2. The lowest BCUT2D eigenvalue weighted by molar-refractivity contribution is -0.121. The molecule has 0 radical (unpaired) electrons. The van der Waals surface area contributed by atoms with Crippen LogP contribution in [-0.4, -0.2) is 45.7 Å². The maximum absolute atomic E-state index is 13.2. The second-order valence-electron chi connectivity index (χ2n) is 7.19. The first-order valence-electron chi connectivity index (χ1n) is 9.59. The van der Waals surface area contributed by atoms with Gasteiger partial charge >= 0.3 is 0 Å². The van der Waals surface area contributed by atoms with Crippen LogP contribution in [0, 0.1) is 11.7 Å². The van der Waals surface area contributed by atoms with Gasteiger partial charge in [0.2, 0.25) is 5.91 Å². The fourth-order valence-corrected chi connectivity index (χ4v) is 3.65. The summed E-state index contributed by atoms with van der Waals surface area (Å²) in [4.78, 5) is 23.0. The molecule has 1 aliphatic rings. The van der Waals surface area contributed by atoms with Crippen LogP contribution in [0.25, 0.3) is 11.0 Å². The lowest BCUT2D eigenvalue weighted by Gasteiger charge is -2.33. The van der Waals surface area contributed by atoms with Crippen molar-refractivity contribution in [2.24, 2.45) is 5.92 Å². The van der Waals surface area contributed by atoms with Gasteiger partial charge in [0, 0.05) is 26.1 Å². The van der Waals surface area contributed by atoms with E-state index in [2.05, 4.69) is 30.4 Å². The minimum Gasteiger partial charge on any atom is -0.356 e. The standard InChI is InChI=1S/C20H23FN6O/c21-16-3-1-2-14(10-16)4-5-18(28)22-11-15-6-8-27(9-7-15)20-17-12-25-26-19(17)23-13-24-20/h1-3,10,12-13,15H,4-9,11H2,(H,22,28)(H,23,24,25,26). The van der Waals surface area contributed by atoms with Crippen LogP contribution in [0.5, 0.6) is 0 Å². The van der Waals surface area contributed by atoms with E-state index in [1.165, 1.54) is 12.1 Å². The molecule has 0 bridgehead atoms. The number of nitrogens with zero attached hydrogens (tertiary/aromatic N) is 4. The number of halogens is 1. The van der Waals surface area contributed by atoms with Gasteiger partial charge in [-0.05, 0) is 42.9 Å². The fraction of sp³-hybridized carbons (Fsp3) is 0.400. The van der Waals surface area contributed by atoms with Crippen molar-refractivity contribution in [1.29, 1.82) is 0 Å². The maximum Gasteiger partial charge on any atom is 0.220 e. The zero-order chi connectivity index (χ0) is 19.3. The third-order valence-corrected chi connectivity index (χ3v) is 5.26. The molecule has 2 N–H and O–H groups in total. The second kappa shape index (κ2) is 8.33. The number of amides is 1. The number of aromatic nitrogens is 4. The van der Waals surface area contributed by atoms with Crippen molar-refractivity contribution in [3.05, 3.63) is 48.2 Å². The molecule has 1 saturated heterocycles. The monoisotopic (exact) mass is 382 g/mol. The molecular weight excluding hydrogens is 359 g/mol. The highest BCUT2D eigenvalue weighted by Crippen LogP contribution is 2.26. The molecule has 7 nitrogen and oxygen atoms in total. The van der Waals surface area contributed by atoms with E-state index in [0.29, 0.717) is 25.3 Å². The van der Waals surface area contributed by atoms with Gasteiger partial charge in [-0.1, -0.05) is 12.1 Å². The highest BCUT2D eigenvalue weighted by Gasteiger charge is 2.22. The number of anilines is 1. The quantitative estimate of drug-likeness (QED) is 0.684. The topological polar surface area (TPSA) is 86.8 Å². The Hall–Kier alpha value is -3.03.